The Bertz CT molecular complexity index is 947. The van der Waals surface area contributed by atoms with E-state index in [2.05, 4.69) is 17.4 Å². The molecule has 0 aliphatic carbocycles. The predicted octanol–water partition coefficient (Wildman–Crippen LogP) is 3.94. The van der Waals surface area contributed by atoms with Gasteiger partial charge in [0.2, 0.25) is 5.91 Å². The second-order valence-electron chi connectivity index (χ2n) is 6.65. The average molecular weight is 360 g/mol. The smallest absolute Gasteiger partial charge is 0.274 e. The van der Waals surface area contributed by atoms with Crippen LogP contribution in [-0.2, 0) is 24.7 Å². The van der Waals surface area contributed by atoms with E-state index < -0.39 is 0 Å². The molecule has 1 amide bonds. The largest absolute Gasteiger partial charge is 0.321 e. The van der Waals surface area contributed by atoms with Gasteiger partial charge in [0.1, 0.15) is 5.69 Å². The molecule has 27 heavy (non-hydrogen) atoms. The Hall–Kier alpha value is -3.14. The number of carbonyl (C=O) groups is 1. The van der Waals surface area contributed by atoms with Crippen molar-refractivity contribution in [2.75, 3.05) is 5.32 Å². The standard InChI is InChI=1S/C23H24N2O2/c1-25-20(17-19-11-6-3-7-12-19)15-16-21(23(25)27)24-22(26)14-8-13-18-9-4-2-5-10-18/h2-7,9-12,15-16H,8,13-14,17H2,1H3,(H,24,26). The molecule has 0 atom stereocenters. The average Bonchev–Trinajstić information content (AvgIpc) is 2.69. The molecule has 1 aromatic heterocycles. The highest BCUT2D eigenvalue weighted by Gasteiger charge is 2.10. The molecular formula is C23H24N2O2. The number of aromatic nitrogens is 1. The van der Waals surface area contributed by atoms with Gasteiger partial charge in [-0.15, -0.1) is 0 Å². The van der Waals surface area contributed by atoms with Crippen LogP contribution in [0.25, 0.3) is 0 Å². The van der Waals surface area contributed by atoms with Crippen LogP contribution in [0.2, 0.25) is 0 Å². The molecule has 3 rings (SSSR count). The zero-order chi connectivity index (χ0) is 19.1. The molecular weight excluding hydrogens is 336 g/mol. The minimum absolute atomic E-state index is 0.126. The molecule has 0 aliphatic heterocycles. The Morgan fingerprint density at radius 3 is 2.19 bits per heavy atom. The van der Waals surface area contributed by atoms with Crippen molar-refractivity contribution in [3.63, 3.8) is 0 Å². The first-order valence-electron chi connectivity index (χ1n) is 9.20. The molecule has 0 bridgehead atoms. The van der Waals surface area contributed by atoms with Gasteiger partial charge < -0.3 is 9.88 Å². The van der Waals surface area contributed by atoms with E-state index in [1.807, 2.05) is 54.6 Å². The van der Waals surface area contributed by atoms with Crippen LogP contribution in [-0.4, -0.2) is 10.5 Å². The second kappa shape index (κ2) is 8.99. The topological polar surface area (TPSA) is 51.1 Å². The van der Waals surface area contributed by atoms with Gasteiger partial charge in [0.25, 0.3) is 5.56 Å². The lowest BCUT2D eigenvalue weighted by Crippen LogP contribution is -2.26. The zero-order valence-corrected chi connectivity index (χ0v) is 15.5. The van der Waals surface area contributed by atoms with Crippen molar-refractivity contribution in [1.82, 2.24) is 4.57 Å². The molecule has 1 N–H and O–H groups in total. The van der Waals surface area contributed by atoms with E-state index in [0.717, 1.165) is 24.1 Å². The van der Waals surface area contributed by atoms with E-state index in [1.165, 1.54) is 5.56 Å². The number of hydrogen-bond acceptors (Lipinski definition) is 2. The fourth-order valence-electron chi connectivity index (χ4n) is 3.06. The normalized spacial score (nSPS) is 10.6. The van der Waals surface area contributed by atoms with Crippen molar-refractivity contribution >= 4 is 11.6 Å². The summed E-state index contributed by atoms with van der Waals surface area (Å²) >= 11 is 0. The van der Waals surface area contributed by atoms with Crippen molar-refractivity contribution in [2.45, 2.75) is 25.7 Å². The highest BCUT2D eigenvalue weighted by Crippen LogP contribution is 2.11. The molecule has 2 aromatic carbocycles. The van der Waals surface area contributed by atoms with Gasteiger partial charge >= 0.3 is 0 Å². The first kappa shape index (κ1) is 18.6. The highest BCUT2D eigenvalue weighted by molar-refractivity contribution is 5.90. The van der Waals surface area contributed by atoms with Crippen molar-refractivity contribution < 1.29 is 4.79 Å². The van der Waals surface area contributed by atoms with Crippen LogP contribution >= 0.6 is 0 Å². The predicted molar refractivity (Wildman–Crippen MR) is 109 cm³/mol. The van der Waals surface area contributed by atoms with Crippen LogP contribution in [0.5, 0.6) is 0 Å². The molecule has 0 fully saturated rings. The quantitative estimate of drug-likeness (QED) is 0.694. The van der Waals surface area contributed by atoms with Gasteiger partial charge in [-0.2, -0.15) is 0 Å². The number of nitrogens with one attached hydrogen (secondary N) is 1. The monoisotopic (exact) mass is 360 g/mol. The number of benzene rings is 2. The van der Waals surface area contributed by atoms with E-state index >= 15 is 0 Å². The van der Waals surface area contributed by atoms with Crippen LogP contribution in [0.3, 0.4) is 0 Å². The molecule has 0 saturated heterocycles. The fourth-order valence-corrected chi connectivity index (χ4v) is 3.06. The first-order valence-corrected chi connectivity index (χ1v) is 9.20. The summed E-state index contributed by atoms with van der Waals surface area (Å²) in [6, 6.07) is 23.7. The Balaban J connectivity index is 1.59. The number of pyridine rings is 1. The maximum absolute atomic E-state index is 12.6. The molecule has 0 saturated carbocycles. The number of rotatable bonds is 7. The number of anilines is 1. The summed E-state index contributed by atoms with van der Waals surface area (Å²) < 4.78 is 1.60. The molecule has 3 aromatic rings. The zero-order valence-electron chi connectivity index (χ0n) is 15.5. The van der Waals surface area contributed by atoms with E-state index in [0.29, 0.717) is 18.5 Å². The van der Waals surface area contributed by atoms with Crippen LogP contribution in [0.4, 0.5) is 5.69 Å². The van der Waals surface area contributed by atoms with Gasteiger partial charge in [0.05, 0.1) is 0 Å². The van der Waals surface area contributed by atoms with Crippen molar-refractivity contribution in [3.05, 3.63) is 100.0 Å². The van der Waals surface area contributed by atoms with Crippen LogP contribution < -0.4 is 10.9 Å². The minimum atomic E-state index is -0.181. The summed E-state index contributed by atoms with van der Waals surface area (Å²) in [5.74, 6) is -0.126. The fraction of sp³-hybridized carbons (Fsp3) is 0.217. The Morgan fingerprint density at radius 2 is 1.52 bits per heavy atom. The molecule has 1 heterocycles. The number of aryl methyl sites for hydroxylation is 1. The third-order valence-corrected chi connectivity index (χ3v) is 4.62. The Morgan fingerprint density at radius 1 is 0.889 bits per heavy atom. The lowest BCUT2D eigenvalue weighted by Gasteiger charge is -2.11. The summed E-state index contributed by atoms with van der Waals surface area (Å²) in [5.41, 5.74) is 3.42. The Kier molecular flexibility index (Phi) is 6.21. The van der Waals surface area contributed by atoms with E-state index in [1.54, 1.807) is 17.7 Å². The molecule has 0 radical (unpaired) electrons. The van der Waals surface area contributed by atoms with E-state index in [4.69, 9.17) is 0 Å². The first-order chi connectivity index (χ1) is 13.1. The number of amides is 1. The van der Waals surface area contributed by atoms with Crippen LogP contribution in [0, 0.1) is 0 Å². The van der Waals surface area contributed by atoms with E-state index in [-0.39, 0.29) is 11.5 Å². The lowest BCUT2D eigenvalue weighted by molar-refractivity contribution is -0.116. The SMILES string of the molecule is Cn1c(Cc2ccccc2)ccc(NC(=O)CCCc2ccccc2)c1=O. The molecule has 0 unspecified atom stereocenters. The summed E-state index contributed by atoms with van der Waals surface area (Å²) in [6.45, 7) is 0. The van der Waals surface area contributed by atoms with Gasteiger partial charge in [0, 0.05) is 25.6 Å². The maximum Gasteiger partial charge on any atom is 0.274 e. The lowest BCUT2D eigenvalue weighted by atomic mass is 10.1. The molecule has 0 aliphatic rings. The molecule has 0 spiro atoms. The van der Waals surface area contributed by atoms with Gasteiger partial charge in [-0.3, -0.25) is 9.59 Å². The maximum atomic E-state index is 12.6. The van der Waals surface area contributed by atoms with E-state index in [9.17, 15) is 9.59 Å². The summed E-state index contributed by atoms with van der Waals surface area (Å²) in [6.07, 6.45) is 2.67. The minimum Gasteiger partial charge on any atom is -0.321 e. The third kappa shape index (κ3) is 5.17. The van der Waals surface area contributed by atoms with Crippen LogP contribution in [0.1, 0.15) is 29.7 Å². The summed E-state index contributed by atoms with van der Waals surface area (Å²) in [5, 5.41) is 2.76. The van der Waals surface area contributed by atoms with Gasteiger partial charge in [-0.1, -0.05) is 60.7 Å². The number of nitrogens with zero attached hydrogens (tertiary/aromatic N) is 1. The number of carbonyl (C=O) groups excluding carboxylic acids is 1. The molecule has 4 nitrogen and oxygen atoms in total. The van der Waals surface area contributed by atoms with Crippen LogP contribution in [0.15, 0.2) is 77.6 Å². The van der Waals surface area contributed by atoms with Crippen molar-refractivity contribution in [1.29, 1.82) is 0 Å². The number of hydrogen-bond donors (Lipinski definition) is 1. The van der Waals surface area contributed by atoms with Gasteiger partial charge in [-0.05, 0) is 36.1 Å². The third-order valence-electron chi connectivity index (χ3n) is 4.62. The second-order valence-corrected chi connectivity index (χ2v) is 6.65. The summed E-state index contributed by atoms with van der Waals surface area (Å²) in [7, 11) is 1.74. The highest BCUT2D eigenvalue weighted by atomic mass is 16.2. The van der Waals surface area contributed by atoms with Crippen molar-refractivity contribution in [2.24, 2.45) is 7.05 Å². The molecule has 138 valence electrons. The van der Waals surface area contributed by atoms with Gasteiger partial charge in [0.15, 0.2) is 0 Å². The Labute approximate surface area is 159 Å². The summed E-state index contributed by atoms with van der Waals surface area (Å²) in [4.78, 5) is 24.7. The van der Waals surface area contributed by atoms with Crippen molar-refractivity contribution in [3.8, 4) is 0 Å². The van der Waals surface area contributed by atoms with Gasteiger partial charge in [-0.25, -0.2) is 0 Å². The molecule has 4 heteroatoms.